The lowest BCUT2D eigenvalue weighted by atomic mass is 10.1. The van der Waals surface area contributed by atoms with Crippen molar-refractivity contribution in [3.63, 3.8) is 0 Å². The van der Waals surface area contributed by atoms with Crippen LogP contribution in [0.4, 0.5) is 11.8 Å². The van der Waals surface area contributed by atoms with Crippen LogP contribution in [0.5, 0.6) is 0 Å². The number of benzene rings is 1. The summed E-state index contributed by atoms with van der Waals surface area (Å²) in [5.41, 5.74) is 3.66. The summed E-state index contributed by atoms with van der Waals surface area (Å²) >= 11 is 0. The molecule has 0 saturated heterocycles. The zero-order valence-corrected chi connectivity index (χ0v) is 14.1. The van der Waals surface area contributed by atoms with Gasteiger partial charge in [0.25, 0.3) is 0 Å². The molecule has 22 heavy (non-hydrogen) atoms. The van der Waals surface area contributed by atoms with E-state index in [4.69, 9.17) is 0 Å². The molecule has 1 aromatic carbocycles. The van der Waals surface area contributed by atoms with Crippen LogP contribution in [0.25, 0.3) is 0 Å². The van der Waals surface area contributed by atoms with E-state index in [1.807, 2.05) is 32.1 Å². The van der Waals surface area contributed by atoms with Crippen molar-refractivity contribution in [1.29, 1.82) is 0 Å². The lowest BCUT2D eigenvalue weighted by Crippen LogP contribution is -2.16. The first kappa shape index (κ1) is 16.2. The van der Waals surface area contributed by atoms with Gasteiger partial charge in [-0.25, -0.2) is 4.98 Å². The van der Waals surface area contributed by atoms with E-state index >= 15 is 0 Å². The summed E-state index contributed by atoms with van der Waals surface area (Å²) in [6.07, 6.45) is 1.86. The van der Waals surface area contributed by atoms with Gasteiger partial charge in [-0.3, -0.25) is 0 Å². The molecule has 5 heteroatoms. The van der Waals surface area contributed by atoms with E-state index in [0.29, 0.717) is 5.95 Å². The van der Waals surface area contributed by atoms with Crippen molar-refractivity contribution in [3.8, 4) is 0 Å². The number of aromatic nitrogens is 2. The molecular formula is C17H25N5. The highest BCUT2D eigenvalue weighted by Crippen LogP contribution is 2.17. The molecule has 2 aromatic rings. The van der Waals surface area contributed by atoms with E-state index < -0.39 is 0 Å². The van der Waals surface area contributed by atoms with Crippen LogP contribution in [0.1, 0.15) is 16.7 Å². The molecule has 0 aliphatic heterocycles. The van der Waals surface area contributed by atoms with Crippen LogP contribution in [0.2, 0.25) is 0 Å². The molecule has 0 fully saturated rings. The number of aryl methyl sites for hydroxylation is 1. The third-order valence-corrected chi connectivity index (χ3v) is 3.41. The predicted octanol–water partition coefficient (Wildman–Crippen LogP) is 2.52. The average Bonchev–Trinajstić information content (AvgIpc) is 2.47. The van der Waals surface area contributed by atoms with Crippen molar-refractivity contribution in [2.45, 2.75) is 20.0 Å². The van der Waals surface area contributed by atoms with Crippen molar-refractivity contribution in [1.82, 2.24) is 14.9 Å². The Morgan fingerprint density at radius 2 is 1.73 bits per heavy atom. The smallest absolute Gasteiger partial charge is 0.224 e. The second-order valence-corrected chi connectivity index (χ2v) is 5.95. The molecule has 5 nitrogen and oxygen atoms in total. The van der Waals surface area contributed by atoms with Gasteiger partial charge in [0, 0.05) is 38.9 Å². The maximum absolute atomic E-state index is 4.57. The summed E-state index contributed by atoms with van der Waals surface area (Å²) in [5.74, 6) is 1.60. The zero-order chi connectivity index (χ0) is 16.1. The normalized spacial score (nSPS) is 10.8. The Bertz CT molecular complexity index is 622. The first-order chi connectivity index (χ1) is 10.5. The van der Waals surface area contributed by atoms with E-state index in [0.717, 1.165) is 24.5 Å². The maximum atomic E-state index is 4.57. The standard InChI is InChI=1S/C17H25N5/c1-13-10-18-17(20-16(13)22(4)5)19-11-14-8-6-7-9-15(14)12-21(2)3/h6-10H,11-12H2,1-5H3,(H,18,19,20). The molecule has 0 radical (unpaired) electrons. The molecule has 0 atom stereocenters. The molecule has 118 valence electrons. The van der Waals surface area contributed by atoms with Crippen LogP contribution in [0.15, 0.2) is 30.5 Å². The Labute approximate surface area is 133 Å². The van der Waals surface area contributed by atoms with Crippen LogP contribution < -0.4 is 10.2 Å². The Morgan fingerprint density at radius 1 is 1.05 bits per heavy atom. The summed E-state index contributed by atoms with van der Waals surface area (Å²) < 4.78 is 0. The monoisotopic (exact) mass is 299 g/mol. The maximum Gasteiger partial charge on any atom is 0.224 e. The van der Waals surface area contributed by atoms with Gasteiger partial charge >= 0.3 is 0 Å². The fraction of sp³-hybridized carbons (Fsp3) is 0.412. The molecule has 0 unspecified atom stereocenters. The van der Waals surface area contributed by atoms with Crippen molar-refractivity contribution in [2.75, 3.05) is 38.4 Å². The Kier molecular flexibility index (Phi) is 5.33. The Morgan fingerprint density at radius 3 is 2.36 bits per heavy atom. The number of hydrogen-bond acceptors (Lipinski definition) is 5. The van der Waals surface area contributed by atoms with Crippen molar-refractivity contribution < 1.29 is 0 Å². The van der Waals surface area contributed by atoms with Gasteiger partial charge < -0.3 is 15.1 Å². The highest BCUT2D eigenvalue weighted by atomic mass is 15.2. The van der Waals surface area contributed by atoms with Crippen LogP contribution >= 0.6 is 0 Å². The highest BCUT2D eigenvalue weighted by Gasteiger charge is 2.07. The number of rotatable bonds is 6. The second kappa shape index (κ2) is 7.22. The molecule has 0 spiro atoms. The van der Waals surface area contributed by atoms with Gasteiger partial charge in [0.05, 0.1) is 0 Å². The molecule has 1 heterocycles. The largest absolute Gasteiger partial charge is 0.362 e. The van der Waals surface area contributed by atoms with Gasteiger partial charge in [-0.15, -0.1) is 0 Å². The van der Waals surface area contributed by atoms with Crippen molar-refractivity contribution in [3.05, 3.63) is 47.2 Å². The van der Waals surface area contributed by atoms with E-state index in [1.54, 1.807) is 0 Å². The van der Waals surface area contributed by atoms with Crippen LogP contribution in [-0.2, 0) is 13.1 Å². The van der Waals surface area contributed by atoms with Gasteiger partial charge in [-0.05, 0) is 32.1 Å². The summed E-state index contributed by atoms with van der Waals surface area (Å²) in [5, 5.41) is 3.33. The highest BCUT2D eigenvalue weighted by molar-refractivity contribution is 5.47. The van der Waals surface area contributed by atoms with Gasteiger partial charge in [-0.2, -0.15) is 4.98 Å². The van der Waals surface area contributed by atoms with E-state index in [2.05, 4.69) is 58.5 Å². The first-order valence-electron chi connectivity index (χ1n) is 7.43. The fourth-order valence-electron chi connectivity index (χ4n) is 2.37. The molecule has 1 aromatic heterocycles. The lowest BCUT2D eigenvalue weighted by molar-refractivity contribution is 0.401. The number of hydrogen-bond donors (Lipinski definition) is 1. The minimum absolute atomic E-state index is 0.661. The minimum Gasteiger partial charge on any atom is -0.362 e. The topological polar surface area (TPSA) is 44.3 Å². The minimum atomic E-state index is 0.661. The van der Waals surface area contributed by atoms with Gasteiger partial charge in [0.1, 0.15) is 5.82 Å². The molecule has 0 amide bonds. The molecule has 2 rings (SSSR count). The van der Waals surface area contributed by atoms with Crippen LogP contribution in [0, 0.1) is 6.92 Å². The summed E-state index contributed by atoms with van der Waals surface area (Å²) in [4.78, 5) is 13.1. The molecule has 0 saturated carbocycles. The molecule has 0 aliphatic carbocycles. The summed E-state index contributed by atoms with van der Waals surface area (Å²) in [6, 6.07) is 8.46. The number of anilines is 2. The van der Waals surface area contributed by atoms with Crippen LogP contribution in [0.3, 0.4) is 0 Å². The summed E-state index contributed by atoms with van der Waals surface area (Å²) in [7, 11) is 8.14. The van der Waals surface area contributed by atoms with Crippen LogP contribution in [-0.4, -0.2) is 43.1 Å². The van der Waals surface area contributed by atoms with E-state index in [-0.39, 0.29) is 0 Å². The van der Waals surface area contributed by atoms with Crippen molar-refractivity contribution in [2.24, 2.45) is 0 Å². The number of nitrogens with zero attached hydrogens (tertiary/aromatic N) is 4. The fourth-order valence-corrected chi connectivity index (χ4v) is 2.37. The van der Waals surface area contributed by atoms with Gasteiger partial charge in [-0.1, -0.05) is 24.3 Å². The zero-order valence-electron chi connectivity index (χ0n) is 14.1. The van der Waals surface area contributed by atoms with Gasteiger partial charge in [0.15, 0.2) is 0 Å². The third kappa shape index (κ3) is 4.18. The quantitative estimate of drug-likeness (QED) is 0.888. The first-order valence-corrected chi connectivity index (χ1v) is 7.43. The lowest BCUT2D eigenvalue weighted by Gasteiger charge is -2.17. The predicted molar refractivity (Wildman–Crippen MR) is 92.3 cm³/mol. The SMILES string of the molecule is Cc1cnc(NCc2ccccc2CN(C)C)nc1N(C)C. The molecule has 0 bridgehead atoms. The van der Waals surface area contributed by atoms with E-state index in [1.165, 1.54) is 11.1 Å². The number of nitrogens with one attached hydrogen (secondary N) is 1. The average molecular weight is 299 g/mol. The molecular weight excluding hydrogens is 274 g/mol. The van der Waals surface area contributed by atoms with E-state index in [9.17, 15) is 0 Å². The Hall–Kier alpha value is -2.14. The van der Waals surface area contributed by atoms with Gasteiger partial charge in [0.2, 0.25) is 5.95 Å². The second-order valence-electron chi connectivity index (χ2n) is 5.95. The summed E-state index contributed by atoms with van der Waals surface area (Å²) in [6.45, 7) is 3.67. The third-order valence-electron chi connectivity index (χ3n) is 3.41. The molecule has 0 aliphatic rings. The van der Waals surface area contributed by atoms with Crippen molar-refractivity contribution >= 4 is 11.8 Å². The molecule has 1 N–H and O–H groups in total. The Balaban J connectivity index is 2.12.